The van der Waals surface area contributed by atoms with E-state index in [0.717, 1.165) is 0 Å². The van der Waals surface area contributed by atoms with Crippen LogP contribution in [0.5, 0.6) is 5.75 Å². The molecule has 3 rings (SSSR count). The van der Waals surface area contributed by atoms with Gasteiger partial charge < -0.3 is 20.1 Å². The van der Waals surface area contributed by atoms with Crippen LogP contribution in [-0.2, 0) is 14.4 Å². The molecule has 0 spiro atoms. The Morgan fingerprint density at radius 1 is 1.33 bits per heavy atom. The van der Waals surface area contributed by atoms with Gasteiger partial charge in [0.15, 0.2) is 6.10 Å². The zero-order chi connectivity index (χ0) is 19.1. The van der Waals surface area contributed by atoms with E-state index in [1.54, 1.807) is 26.0 Å². The minimum atomic E-state index is -1.03. The average molecular weight is 419 g/mol. The number of carbonyl (C=O) groups is 3. The SMILES string of the molecule is CC[C@H](Oc1ccccc1)C(=O)N[C@@H]1C(=O)N2[C@@H]1SC(C)(C)[C@@H]2C(=O)O.[KH]. The van der Waals surface area contributed by atoms with E-state index in [0.29, 0.717) is 12.2 Å². The molecule has 0 radical (unpaired) electrons. The maximum absolute atomic E-state index is 12.6. The molecule has 7 nitrogen and oxygen atoms in total. The number of nitrogens with one attached hydrogen (secondary N) is 1. The Bertz CT molecular complexity index is 730. The first-order chi connectivity index (χ1) is 12.3. The van der Waals surface area contributed by atoms with Gasteiger partial charge in [-0.3, -0.25) is 9.59 Å². The van der Waals surface area contributed by atoms with Crippen molar-refractivity contribution in [3.05, 3.63) is 30.3 Å². The van der Waals surface area contributed by atoms with Crippen LogP contribution in [0.25, 0.3) is 0 Å². The summed E-state index contributed by atoms with van der Waals surface area (Å²) in [6.45, 7) is 5.43. The van der Waals surface area contributed by atoms with Gasteiger partial charge in [0.1, 0.15) is 23.2 Å². The van der Waals surface area contributed by atoms with Crippen LogP contribution in [0.3, 0.4) is 0 Å². The number of carboxylic acid groups (broad SMARTS) is 1. The first-order valence-corrected chi connectivity index (χ1v) is 9.39. The normalized spacial score (nSPS) is 26.3. The number of carboxylic acids is 1. The van der Waals surface area contributed by atoms with Crippen LogP contribution in [0.15, 0.2) is 30.3 Å². The number of benzene rings is 1. The molecule has 1 aromatic carbocycles. The van der Waals surface area contributed by atoms with Gasteiger partial charge in [0.05, 0.1) is 0 Å². The van der Waals surface area contributed by atoms with Crippen molar-refractivity contribution >= 4 is 80.9 Å². The first-order valence-electron chi connectivity index (χ1n) is 8.51. The monoisotopic (exact) mass is 418 g/mol. The molecule has 0 aromatic heterocycles. The minimum absolute atomic E-state index is 0. The van der Waals surface area contributed by atoms with E-state index in [4.69, 9.17) is 4.74 Å². The molecule has 4 atom stereocenters. The molecule has 0 aliphatic carbocycles. The fourth-order valence-electron chi connectivity index (χ4n) is 3.38. The molecule has 0 bridgehead atoms. The van der Waals surface area contributed by atoms with E-state index in [1.807, 2.05) is 25.1 Å². The summed E-state index contributed by atoms with van der Waals surface area (Å²) in [6.07, 6.45) is -0.263. The Kier molecular flexibility index (Phi) is 7.43. The summed E-state index contributed by atoms with van der Waals surface area (Å²) in [5.41, 5.74) is 0. The summed E-state index contributed by atoms with van der Waals surface area (Å²) in [7, 11) is 0. The third kappa shape index (κ3) is 4.38. The number of β-lactam (4-membered cyclic amide) rings is 1. The van der Waals surface area contributed by atoms with E-state index in [1.165, 1.54) is 16.7 Å². The standard InChI is InChI=1S/C18H22N2O5S.K.H/c1-4-11(25-10-8-6-5-7-9-10)14(21)19-12-15(22)20-13(17(23)24)18(2,3)26-16(12)20;;/h5-9,11-13,16H,4H2,1-3H3,(H,19,21)(H,23,24);;/t11-,12+,13-,16+;;/m0../s1. The summed E-state index contributed by atoms with van der Waals surface area (Å²) in [5.74, 6) is -1.17. The van der Waals surface area contributed by atoms with Crippen LogP contribution in [0.2, 0.25) is 0 Å². The number of hydrogen-bond donors (Lipinski definition) is 2. The van der Waals surface area contributed by atoms with Gasteiger partial charge in [-0.2, -0.15) is 0 Å². The zero-order valence-electron chi connectivity index (χ0n) is 14.8. The van der Waals surface area contributed by atoms with E-state index >= 15 is 0 Å². The van der Waals surface area contributed by atoms with Crippen LogP contribution in [0.1, 0.15) is 27.2 Å². The number of nitrogens with zero attached hydrogens (tertiary/aromatic N) is 1. The molecule has 2 heterocycles. The Hall–Kier alpha value is -0.584. The summed E-state index contributed by atoms with van der Waals surface area (Å²) in [4.78, 5) is 37.9. The second-order valence-corrected chi connectivity index (χ2v) is 8.68. The molecular formula is C18H23KN2O5S. The molecule has 2 fully saturated rings. The quantitative estimate of drug-likeness (QED) is 0.525. The van der Waals surface area contributed by atoms with Crippen molar-refractivity contribution in [3.8, 4) is 5.75 Å². The number of aliphatic carboxylic acids is 1. The summed E-state index contributed by atoms with van der Waals surface area (Å²) < 4.78 is 5.09. The van der Waals surface area contributed by atoms with Crippen molar-refractivity contribution in [3.63, 3.8) is 0 Å². The second kappa shape index (κ2) is 8.83. The molecule has 2 amide bonds. The number of thioether (sulfide) groups is 1. The van der Waals surface area contributed by atoms with Gasteiger partial charge in [-0.15, -0.1) is 11.8 Å². The number of carbonyl (C=O) groups excluding carboxylic acids is 2. The predicted molar refractivity (Wildman–Crippen MR) is 104 cm³/mol. The number of para-hydroxylation sites is 1. The van der Waals surface area contributed by atoms with E-state index in [-0.39, 0.29) is 68.6 Å². The average Bonchev–Trinajstić information content (AvgIpc) is 2.86. The fourth-order valence-corrected chi connectivity index (χ4v) is 5.00. The van der Waals surface area contributed by atoms with Gasteiger partial charge >= 0.3 is 57.4 Å². The molecule has 2 saturated heterocycles. The summed E-state index contributed by atoms with van der Waals surface area (Å²) in [5, 5.41) is 11.8. The van der Waals surface area contributed by atoms with Crippen LogP contribution >= 0.6 is 11.8 Å². The van der Waals surface area contributed by atoms with Crippen molar-refractivity contribution < 1.29 is 24.2 Å². The van der Waals surface area contributed by atoms with Crippen molar-refractivity contribution in [2.24, 2.45) is 0 Å². The van der Waals surface area contributed by atoms with Crippen LogP contribution in [-0.4, -0.2) is 107 Å². The third-order valence-electron chi connectivity index (χ3n) is 4.66. The number of fused-ring (bicyclic) bond motifs is 1. The van der Waals surface area contributed by atoms with Gasteiger partial charge in [0, 0.05) is 4.75 Å². The Morgan fingerprint density at radius 3 is 2.52 bits per heavy atom. The van der Waals surface area contributed by atoms with Crippen LogP contribution < -0.4 is 10.1 Å². The maximum atomic E-state index is 12.6. The van der Waals surface area contributed by atoms with Crippen molar-refractivity contribution in [2.75, 3.05) is 0 Å². The van der Waals surface area contributed by atoms with E-state index in [2.05, 4.69) is 5.32 Å². The van der Waals surface area contributed by atoms with Crippen molar-refractivity contribution in [2.45, 2.75) is 55.5 Å². The number of rotatable bonds is 6. The molecule has 2 N–H and O–H groups in total. The molecular weight excluding hydrogens is 395 g/mol. The molecule has 0 saturated carbocycles. The molecule has 27 heavy (non-hydrogen) atoms. The van der Waals surface area contributed by atoms with Gasteiger partial charge in [0.2, 0.25) is 5.91 Å². The second-order valence-electron chi connectivity index (χ2n) is 6.91. The van der Waals surface area contributed by atoms with Gasteiger partial charge in [-0.1, -0.05) is 25.1 Å². The van der Waals surface area contributed by atoms with Crippen molar-refractivity contribution in [1.82, 2.24) is 10.2 Å². The summed E-state index contributed by atoms with van der Waals surface area (Å²) >= 11 is 1.40. The molecule has 2 aliphatic heterocycles. The molecule has 0 unspecified atom stereocenters. The zero-order valence-corrected chi connectivity index (χ0v) is 15.7. The first kappa shape index (κ1) is 22.7. The summed E-state index contributed by atoms with van der Waals surface area (Å²) in [6, 6.07) is 7.41. The van der Waals surface area contributed by atoms with Gasteiger partial charge in [-0.05, 0) is 32.4 Å². The molecule has 9 heteroatoms. The predicted octanol–water partition coefficient (Wildman–Crippen LogP) is 0.827. The van der Waals surface area contributed by atoms with Crippen molar-refractivity contribution in [1.29, 1.82) is 0 Å². The van der Waals surface area contributed by atoms with E-state index in [9.17, 15) is 19.5 Å². The number of ether oxygens (including phenoxy) is 1. The topological polar surface area (TPSA) is 95.9 Å². The molecule has 142 valence electrons. The number of hydrogen-bond acceptors (Lipinski definition) is 5. The Balaban J connectivity index is 0.00000261. The van der Waals surface area contributed by atoms with E-state index < -0.39 is 28.9 Å². The Morgan fingerprint density at radius 2 is 1.96 bits per heavy atom. The van der Waals surface area contributed by atoms with Gasteiger partial charge in [0.25, 0.3) is 5.91 Å². The molecule has 2 aliphatic rings. The Labute approximate surface area is 205 Å². The van der Waals surface area contributed by atoms with Crippen LogP contribution in [0, 0.1) is 0 Å². The van der Waals surface area contributed by atoms with Gasteiger partial charge in [-0.25, -0.2) is 4.79 Å². The number of amides is 2. The third-order valence-corrected chi connectivity index (χ3v) is 6.23. The molecule has 1 aromatic rings. The fraction of sp³-hybridized carbons (Fsp3) is 0.500. The van der Waals surface area contributed by atoms with Crippen LogP contribution in [0.4, 0.5) is 0 Å².